The van der Waals surface area contributed by atoms with Gasteiger partial charge in [-0.25, -0.2) is 13.8 Å². The van der Waals surface area contributed by atoms with Crippen LogP contribution in [-0.2, 0) is 13.0 Å². The van der Waals surface area contributed by atoms with Crippen LogP contribution in [0.5, 0.6) is 0 Å². The molecule has 0 atom stereocenters. The molecular weight excluding hydrogens is 268 g/mol. The molecule has 1 aromatic heterocycles. The second kappa shape index (κ2) is 5.76. The Morgan fingerprint density at radius 2 is 2.05 bits per heavy atom. The summed E-state index contributed by atoms with van der Waals surface area (Å²) in [7, 11) is 0. The van der Waals surface area contributed by atoms with Gasteiger partial charge in [-0.3, -0.25) is 0 Å². The van der Waals surface area contributed by atoms with E-state index in [-0.39, 0.29) is 17.8 Å². The average molecular weight is 279 g/mol. The van der Waals surface area contributed by atoms with Crippen molar-refractivity contribution < 1.29 is 8.78 Å². The maximum Gasteiger partial charge on any atom is 0.150 e. The van der Waals surface area contributed by atoms with Gasteiger partial charge in [0.25, 0.3) is 0 Å². The topological polar surface area (TPSA) is 48.7 Å². The summed E-state index contributed by atoms with van der Waals surface area (Å²) < 4.78 is 27.2. The lowest BCUT2D eigenvalue weighted by atomic mass is 10.2. The first-order valence-electron chi connectivity index (χ1n) is 5.70. The van der Waals surface area contributed by atoms with E-state index < -0.39 is 11.6 Å². The summed E-state index contributed by atoms with van der Waals surface area (Å²) in [5, 5.41) is 12.0. The van der Waals surface area contributed by atoms with Gasteiger partial charge in [0.1, 0.15) is 10.7 Å². The molecule has 0 bridgehead atoms. The van der Waals surface area contributed by atoms with Crippen LogP contribution in [0.3, 0.4) is 0 Å². The van der Waals surface area contributed by atoms with E-state index in [2.05, 4.69) is 10.3 Å². The number of benzene rings is 1. The third-order valence-electron chi connectivity index (χ3n) is 2.54. The van der Waals surface area contributed by atoms with Gasteiger partial charge < -0.3 is 5.32 Å². The standard InChI is InChI=1S/C13H11F2N3S/c1-2-9-6-17-12(19-9)7-18-13-10(14)3-8(5-16)4-11(13)15/h3-4,6,18H,2,7H2,1H3. The largest absolute Gasteiger partial charge is 0.374 e. The predicted molar refractivity (Wildman–Crippen MR) is 69.9 cm³/mol. The van der Waals surface area contributed by atoms with Gasteiger partial charge in [-0.1, -0.05) is 6.92 Å². The highest BCUT2D eigenvalue weighted by atomic mass is 32.1. The van der Waals surface area contributed by atoms with Gasteiger partial charge in [0.2, 0.25) is 0 Å². The van der Waals surface area contributed by atoms with E-state index in [0.717, 1.165) is 28.4 Å². The van der Waals surface area contributed by atoms with E-state index in [4.69, 9.17) is 5.26 Å². The third kappa shape index (κ3) is 3.06. The number of rotatable bonds is 4. The van der Waals surface area contributed by atoms with E-state index in [1.165, 1.54) is 11.3 Å². The lowest BCUT2D eigenvalue weighted by Gasteiger charge is -2.07. The number of halogens is 2. The number of nitrogens with one attached hydrogen (secondary N) is 1. The van der Waals surface area contributed by atoms with Crippen molar-refractivity contribution in [2.24, 2.45) is 0 Å². The molecule has 19 heavy (non-hydrogen) atoms. The molecular formula is C13H11F2N3S. The van der Waals surface area contributed by atoms with Gasteiger partial charge in [-0.05, 0) is 18.6 Å². The lowest BCUT2D eigenvalue weighted by molar-refractivity contribution is 0.587. The third-order valence-corrected chi connectivity index (χ3v) is 3.68. The summed E-state index contributed by atoms with van der Waals surface area (Å²) in [6, 6.07) is 3.71. The van der Waals surface area contributed by atoms with Crippen LogP contribution in [-0.4, -0.2) is 4.98 Å². The minimum Gasteiger partial charge on any atom is -0.374 e. The number of aromatic nitrogens is 1. The van der Waals surface area contributed by atoms with Crippen LogP contribution in [0.25, 0.3) is 0 Å². The SMILES string of the molecule is CCc1cnc(CNc2c(F)cc(C#N)cc2F)s1. The van der Waals surface area contributed by atoms with Gasteiger partial charge >= 0.3 is 0 Å². The highest BCUT2D eigenvalue weighted by Gasteiger charge is 2.11. The molecule has 0 spiro atoms. The number of thiazole rings is 1. The minimum atomic E-state index is -0.774. The monoisotopic (exact) mass is 279 g/mol. The van der Waals surface area contributed by atoms with Crippen molar-refractivity contribution >= 4 is 17.0 Å². The number of aryl methyl sites for hydroxylation is 1. The van der Waals surface area contributed by atoms with Gasteiger partial charge in [-0.2, -0.15) is 5.26 Å². The second-order valence-electron chi connectivity index (χ2n) is 3.85. The Morgan fingerprint density at radius 1 is 1.37 bits per heavy atom. The van der Waals surface area contributed by atoms with Crippen molar-refractivity contribution in [3.63, 3.8) is 0 Å². The Morgan fingerprint density at radius 3 is 2.58 bits per heavy atom. The molecule has 0 saturated carbocycles. The maximum absolute atomic E-state index is 13.6. The first kappa shape index (κ1) is 13.4. The molecule has 0 radical (unpaired) electrons. The van der Waals surface area contributed by atoms with Crippen molar-refractivity contribution in [3.8, 4) is 6.07 Å². The molecule has 0 unspecified atom stereocenters. The van der Waals surface area contributed by atoms with Crippen molar-refractivity contribution in [2.75, 3.05) is 5.32 Å². The van der Waals surface area contributed by atoms with Crippen LogP contribution < -0.4 is 5.32 Å². The van der Waals surface area contributed by atoms with E-state index in [1.54, 1.807) is 12.3 Å². The van der Waals surface area contributed by atoms with E-state index in [0.29, 0.717) is 0 Å². The summed E-state index contributed by atoms with van der Waals surface area (Å²) in [4.78, 5) is 5.28. The fourth-order valence-corrected chi connectivity index (χ4v) is 2.37. The Bertz CT molecular complexity index is 608. The molecule has 0 saturated heterocycles. The van der Waals surface area contributed by atoms with E-state index >= 15 is 0 Å². The number of nitriles is 1. The lowest BCUT2D eigenvalue weighted by Crippen LogP contribution is -2.04. The van der Waals surface area contributed by atoms with Gasteiger partial charge in [-0.15, -0.1) is 11.3 Å². The molecule has 1 heterocycles. The van der Waals surface area contributed by atoms with Crippen LogP contribution >= 0.6 is 11.3 Å². The molecule has 0 aliphatic heterocycles. The van der Waals surface area contributed by atoms with Crippen LogP contribution in [0.4, 0.5) is 14.5 Å². The van der Waals surface area contributed by atoms with Crippen molar-refractivity contribution in [1.29, 1.82) is 5.26 Å². The summed E-state index contributed by atoms with van der Waals surface area (Å²) in [6.07, 6.45) is 2.64. The normalized spacial score (nSPS) is 10.2. The zero-order chi connectivity index (χ0) is 13.8. The summed E-state index contributed by atoms with van der Waals surface area (Å²) in [5.74, 6) is -1.55. The van der Waals surface area contributed by atoms with Crippen LogP contribution in [0.2, 0.25) is 0 Å². The first-order valence-corrected chi connectivity index (χ1v) is 6.52. The Labute approximate surface area is 113 Å². The predicted octanol–water partition coefficient (Wildman–Crippen LogP) is 3.47. The van der Waals surface area contributed by atoms with Crippen molar-refractivity contribution in [2.45, 2.75) is 19.9 Å². The number of hydrogen-bond acceptors (Lipinski definition) is 4. The number of nitrogens with zero attached hydrogens (tertiary/aromatic N) is 2. The molecule has 0 aliphatic carbocycles. The smallest absolute Gasteiger partial charge is 0.150 e. The zero-order valence-corrected chi connectivity index (χ0v) is 11.0. The summed E-state index contributed by atoms with van der Waals surface area (Å²) >= 11 is 1.50. The van der Waals surface area contributed by atoms with Crippen LogP contribution in [0.1, 0.15) is 22.4 Å². The Hall–Kier alpha value is -2.00. The number of anilines is 1. The summed E-state index contributed by atoms with van der Waals surface area (Å²) in [6.45, 7) is 2.27. The van der Waals surface area contributed by atoms with Gasteiger partial charge in [0.05, 0.1) is 18.2 Å². The summed E-state index contributed by atoms with van der Waals surface area (Å²) in [5.41, 5.74) is -0.268. The van der Waals surface area contributed by atoms with Crippen molar-refractivity contribution in [3.05, 3.63) is 45.4 Å². The molecule has 3 nitrogen and oxygen atoms in total. The molecule has 0 aliphatic rings. The highest BCUT2D eigenvalue weighted by molar-refractivity contribution is 7.11. The molecule has 0 amide bonds. The zero-order valence-electron chi connectivity index (χ0n) is 10.2. The fraction of sp³-hybridized carbons (Fsp3) is 0.231. The number of hydrogen-bond donors (Lipinski definition) is 1. The molecule has 2 aromatic rings. The molecule has 0 fully saturated rings. The Balaban J connectivity index is 2.13. The van der Waals surface area contributed by atoms with Gasteiger partial charge in [0.15, 0.2) is 11.6 Å². The van der Waals surface area contributed by atoms with Gasteiger partial charge in [0, 0.05) is 11.1 Å². The van der Waals surface area contributed by atoms with Crippen LogP contribution in [0, 0.1) is 23.0 Å². The van der Waals surface area contributed by atoms with E-state index in [1.807, 2.05) is 6.92 Å². The first-order chi connectivity index (χ1) is 9.13. The molecule has 2 rings (SSSR count). The van der Waals surface area contributed by atoms with E-state index in [9.17, 15) is 8.78 Å². The fourth-order valence-electron chi connectivity index (χ4n) is 1.56. The molecule has 6 heteroatoms. The quantitative estimate of drug-likeness (QED) is 0.932. The molecule has 98 valence electrons. The molecule has 1 aromatic carbocycles. The average Bonchev–Trinajstić information content (AvgIpc) is 2.85. The Kier molecular flexibility index (Phi) is 4.07. The molecule has 1 N–H and O–H groups in total. The highest BCUT2D eigenvalue weighted by Crippen LogP contribution is 2.22. The minimum absolute atomic E-state index is 0.0388. The van der Waals surface area contributed by atoms with Crippen LogP contribution in [0.15, 0.2) is 18.3 Å². The maximum atomic E-state index is 13.6. The van der Waals surface area contributed by atoms with Crippen molar-refractivity contribution in [1.82, 2.24) is 4.98 Å². The second-order valence-corrected chi connectivity index (χ2v) is 5.05.